The predicted molar refractivity (Wildman–Crippen MR) is 81.4 cm³/mol. The van der Waals surface area contributed by atoms with Gasteiger partial charge in [-0.2, -0.15) is 0 Å². The summed E-state index contributed by atoms with van der Waals surface area (Å²) in [4.78, 5) is 25.6. The maximum Gasteiger partial charge on any atom is 0.245 e. The molecule has 102 valence electrons. The van der Waals surface area contributed by atoms with Crippen molar-refractivity contribution in [2.45, 2.75) is 32.4 Å². The van der Waals surface area contributed by atoms with Crippen molar-refractivity contribution in [3.63, 3.8) is 0 Å². The van der Waals surface area contributed by atoms with Crippen molar-refractivity contribution in [1.82, 2.24) is 10.2 Å². The van der Waals surface area contributed by atoms with Crippen LogP contribution in [-0.4, -0.2) is 29.3 Å². The molecular formula is C14H17IN2O2. The Morgan fingerprint density at radius 2 is 2.00 bits per heavy atom. The molecule has 1 saturated heterocycles. The third-order valence-corrected chi connectivity index (χ3v) is 3.97. The summed E-state index contributed by atoms with van der Waals surface area (Å²) in [5.74, 6) is -0.0165. The summed E-state index contributed by atoms with van der Waals surface area (Å²) in [6.07, 6.45) is 1.01. The van der Waals surface area contributed by atoms with Gasteiger partial charge in [-0.15, -0.1) is 0 Å². The maximum absolute atomic E-state index is 12.3. The standard InChI is InChI=1S/C14H17IN2O2/c1-2-12-14(19)17(8-7-13(18)16-12)9-10-3-5-11(15)6-4-10/h3-6,12H,2,7-9H2,1H3,(H,16,18). The number of hydrogen-bond donors (Lipinski definition) is 1. The van der Waals surface area contributed by atoms with E-state index in [-0.39, 0.29) is 17.9 Å². The van der Waals surface area contributed by atoms with Gasteiger partial charge in [-0.3, -0.25) is 9.59 Å². The molecular weight excluding hydrogens is 355 g/mol. The molecule has 1 aromatic rings. The Kier molecular flexibility index (Phi) is 4.79. The molecule has 0 saturated carbocycles. The predicted octanol–water partition coefficient (Wildman–Crippen LogP) is 1.92. The molecule has 0 aliphatic carbocycles. The van der Waals surface area contributed by atoms with E-state index in [0.29, 0.717) is 25.9 Å². The van der Waals surface area contributed by atoms with Crippen LogP contribution in [0.15, 0.2) is 24.3 Å². The van der Waals surface area contributed by atoms with Gasteiger partial charge in [0.25, 0.3) is 0 Å². The highest BCUT2D eigenvalue weighted by Gasteiger charge is 2.28. The van der Waals surface area contributed by atoms with E-state index in [4.69, 9.17) is 0 Å². The monoisotopic (exact) mass is 372 g/mol. The van der Waals surface area contributed by atoms with Crippen LogP contribution in [-0.2, 0) is 16.1 Å². The second-order valence-corrected chi connectivity index (χ2v) is 5.91. The summed E-state index contributed by atoms with van der Waals surface area (Å²) in [5, 5.41) is 2.77. The second kappa shape index (κ2) is 6.36. The molecule has 0 radical (unpaired) electrons. The van der Waals surface area contributed by atoms with Crippen LogP contribution in [0.2, 0.25) is 0 Å². The number of carbonyl (C=O) groups is 2. The SMILES string of the molecule is CCC1NC(=O)CCN(Cc2ccc(I)cc2)C1=O. The lowest BCUT2D eigenvalue weighted by molar-refractivity contribution is -0.134. The van der Waals surface area contributed by atoms with Gasteiger partial charge in [0.1, 0.15) is 6.04 Å². The van der Waals surface area contributed by atoms with Gasteiger partial charge in [-0.1, -0.05) is 19.1 Å². The number of nitrogens with zero attached hydrogens (tertiary/aromatic N) is 1. The quantitative estimate of drug-likeness (QED) is 0.825. The largest absolute Gasteiger partial charge is 0.344 e. The Balaban J connectivity index is 2.11. The molecule has 2 rings (SSSR count). The van der Waals surface area contributed by atoms with E-state index in [1.165, 1.54) is 3.57 Å². The van der Waals surface area contributed by atoms with Crippen LogP contribution in [0.1, 0.15) is 25.3 Å². The molecule has 1 aliphatic rings. The summed E-state index contributed by atoms with van der Waals surface area (Å²) < 4.78 is 1.17. The minimum absolute atomic E-state index is 0.0203. The highest BCUT2D eigenvalue weighted by Crippen LogP contribution is 2.13. The summed E-state index contributed by atoms with van der Waals surface area (Å²) in [6.45, 7) is 2.98. The summed E-state index contributed by atoms with van der Waals surface area (Å²) >= 11 is 2.25. The van der Waals surface area contributed by atoms with E-state index in [9.17, 15) is 9.59 Å². The lowest BCUT2D eigenvalue weighted by Crippen LogP contribution is -2.43. The third kappa shape index (κ3) is 3.68. The number of nitrogens with one attached hydrogen (secondary N) is 1. The van der Waals surface area contributed by atoms with Gasteiger partial charge in [0.05, 0.1) is 0 Å². The smallest absolute Gasteiger partial charge is 0.245 e. The minimum atomic E-state index is -0.376. The fraction of sp³-hybridized carbons (Fsp3) is 0.429. The molecule has 19 heavy (non-hydrogen) atoms. The van der Waals surface area contributed by atoms with Gasteiger partial charge in [0.15, 0.2) is 0 Å². The van der Waals surface area contributed by atoms with E-state index >= 15 is 0 Å². The lowest BCUT2D eigenvalue weighted by Gasteiger charge is -2.23. The first kappa shape index (κ1) is 14.3. The maximum atomic E-state index is 12.3. The van der Waals surface area contributed by atoms with Crippen molar-refractivity contribution in [2.75, 3.05) is 6.54 Å². The minimum Gasteiger partial charge on any atom is -0.344 e. The number of hydrogen-bond acceptors (Lipinski definition) is 2. The van der Waals surface area contributed by atoms with E-state index in [0.717, 1.165) is 5.56 Å². The van der Waals surface area contributed by atoms with Crippen molar-refractivity contribution in [1.29, 1.82) is 0 Å². The molecule has 1 unspecified atom stereocenters. The molecule has 0 bridgehead atoms. The van der Waals surface area contributed by atoms with E-state index in [1.807, 2.05) is 31.2 Å². The molecule has 2 amide bonds. The Bertz CT molecular complexity index is 473. The topological polar surface area (TPSA) is 49.4 Å². The molecule has 1 aliphatic heterocycles. The first-order valence-electron chi connectivity index (χ1n) is 6.42. The fourth-order valence-corrected chi connectivity index (χ4v) is 2.50. The highest BCUT2D eigenvalue weighted by atomic mass is 127. The normalized spacial score (nSPS) is 20.1. The van der Waals surface area contributed by atoms with Gasteiger partial charge < -0.3 is 10.2 Å². The zero-order chi connectivity index (χ0) is 13.8. The molecule has 1 atom stereocenters. The summed E-state index contributed by atoms with van der Waals surface area (Å²) in [5.41, 5.74) is 1.10. The number of halogens is 1. The number of amides is 2. The van der Waals surface area contributed by atoms with Crippen LogP contribution < -0.4 is 5.32 Å². The first-order chi connectivity index (χ1) is 9.10. The Hall–Kier alpha value is -1.11. The van der Waals surface area contributed by atoms with E-state index in [2.05, 4.69) is 27.9 Å². The Labute approximate surface area is 126 Å². The van der Waals surface area contributed by atoms with Gasteiger partial charge in [0.2, 0.25) is 11.8 Å². The number of carbonyl (C=O) groups excluding carboxylic acids is 2. The Morgan fingerprint density at radius 1 is 1.32 bits per heavy atom. The van der Waals surface area contributed by atoms with Crippen LogP contribution in [0.4, 0.5) is 0 Å². The summed E-state index contributed by atoms with van der Waals surface area (Å²) in [7, 11) is 0. The highest BCUT2D eigenvalue weighted by molar-refractivity contribution is 14.1. The molecule has 0 spiro atoms. The second-order valence-electron chi connectivity index (χ2n) is 4.66. The van der Waals surface area contributed by atoms with Crippen LogP contribution in [0.25, 0.3) is 0 Å². The van der Waals surface area contributed by atoms with E-state index in [1.54, 1.807) is 4.90 Å². The van der Waals surface area contributed by atoms with Crippen molar-refractivity contribution in [3.8, 4) is 0 Å². The van der Waals surface area contributed by atoms with Gasteiger partial charge in [-0.05, 0) is 46.7 Å². The third-order valence-electron chi connectivity index (χ3n) is 3.25. The van der Waals surface area contributed by atoms with Crippen LogP contribution >= 0.6 is 22.6 Å². The number of rotatable bonds is 3. The van der Waals surface area contributed by atoms with Gasteiger partial charge in [0, 0.05) is 23.1 Å². The van der Waals surface area contributed by atoms with Gasteiger partial charge >= 0.3 is 0 Å². The summed E-state index contributed by atoms with van der Waals surface area (Å²) in [6, 6.07) is 7.73. The fourth-order valence-electron chi connectivity index (χ4n) is 2.14. The molecule has 4 nitrogen and oxygen atoms in total. The molecule has 1 fully saturated rings. The van der Waals surface area contributed by atoms with Crippen molar-refractivity contribution >= 4 is 34.4 Å². The number of benzene rings is 1. The van der Waals surface area contributed by atoms with Crippen LogP contribution in [0, 0.1) is 3.57 Å². The zero-order valence-corrected chi connectivity index (χ0v) is 13.0. The molecule has 5 heteroatoms. The lowest BCUT2D eigenvalue weighted by atomic mass is 10.1. The van der Waals surface area contributed by atoms with Crippen molar-refractivity contribution in [3.05, 3.63) is 33.4 Å². The molecule has 1 heterocycles. The average molecular weight is 372 g/mol. The molecule has 1 aromatic carbocycles. The van der Waals surface area contributed by atoms with Crippen molar-refractivity contribution in [2.24, 2.45) is 0 Å². The van der Waals surface area contributed by atoms with Crippen LogP contribution in [0.5, 0.6) is 0 Å². The Morgan fingerprint density at radius 3 is 2.63 bits per heavy atom. The average Bonchev–Trinajstić information content (AvgIpc) is 2.54. The first-order valence-corrected chi connectivity index (χ1v) is 7.50. The van der Waals surface area contributed by atoms with Gasteiger partial charge in [-0.25, -0.2) is 0 Å². The molecule has 0 aromatic heterocycles. The molecule has 1 N–H and O–H groups in total. The van der Waals surface area contributed by atoms with Crippen LogP contribution in [0.3, 0.4) is 0 Å². The zero-order valence-electron chi connectivity index (χ0n) is 10.9. The van der Waals surface area contributed by atoms with E-state index < -0.39 is 0 Å². The van der Waals surface area contributed by atoms with Crippen molar-refractivity contribution < 1.29 is 9.59 Å².